The zero-order valence-corrected chi connectivity index (χ0v) is 17.2. The predicted molar refractivity (Wildman–Crippen MR) is 115 cm³/mol. The lowest BCUT2D eigenvalue weighted by atomic mass is 10.2. The van der Waals surface area contributed by atoms with Crippen molar-refractivity contribution in [3.63, 3.8) is 0 Å². The molecule has 1 N–H and O–H groups in total. The fourth-order valence-electron chi connectivity index (χ4n) is 3.33. The van der Waals surface area contributed by atoms with Crippen LogP contribution in [0.4, 0.5) is 5.69 Å². The van der Waals surface area contributed by atoms with E-state index in [0.717, 1.165) is 24.1 Å². The van der Waals surface area contributed by atoms with Crippen LogP contribution in [0.2, 0.25) is 0 Å². The molecule has 31 heavy (non-hydrogen) atoms. The molecule has 0 radical (unpaired) electrons. The number of hydrogen-bond donors (Lipinski definition) is 1. The minimum Gasteiger partial charge on any atom is -0.497 e. The van der Waals surface area contributed by atoms with Crippen molar-refractivity contribution in [2.24, 2.45) is 0 Å². The van der Waals surface area contributed by atoms with Crippen LogP contribution in [0, 0.1) is 6.92 Å². The summed E-state index contributed by atoms with van der Waals surface area (Å²) in [7, 11) is 1.59. The first-order chi connectivity index (χ1) is 15.1. The van der Waals surface area contributed by atoms with Crippen molar-refractivity contribution >= 4 is 11.6 Å². The van der Waals surface area contributed by atoms with Gasteiger partial charge in [-0.15, -0.1) is 0 Å². The van der Waals surface area contributed by atoms with E-state index in [9.17, 15) is 4.79 Å². The summed E-state index contributed by atoms with van der Waals surface area (Å²) in [5.41, 5.74) is 3.50. The van der Waals surface area contributed by atoms with Crippen molar-refractivity contribution in [1.29, 1.82) is 0 Å². The highest BCUT2D eigenvalue weighted by molar-refractivity contribution is 6.05. The van der Waals surface area contributed by atoms with Gasteiger partial charge in [-0.2, -0.15) is 10.1 Å². The van der Waals surface area contributed by atoms with Gasteiger partial charge < -0.3 is 14.6 Å². The Morgan fingerprint density at radius 2 is 2.00 bits per heavy atom. The van der Waals surface area contributed by atoms with Crippen LogP contribution >= 0.6 is 0 Å². The normalized spacial score (nSPS) is 13.2. The van der Waals surface area contributed by atoms with E-state index in [1.54, 1.807) is 24.1 Å². The van der Waals surface area contributed by atoms with Gasteiger partial charge in [0, 0.05) is 29.4 Å². The molecule has 1 amide bonds. The Morgan fingerprint density at radius 1 is 1.19 bits per heavy atom. The standard InChI is InChI=1S/C23H21N5O3/c1-14-20(22(29)24-17-4-3-5-19(12-17)30-2)13-28(26-14)18-10-8-15(9-11-18)21-25-23(31-27-21)16-6-7-16/h3-5,8-13,16H,6-7H2,1-2H3,(H,24,29). The Labute approximate surface area is 178 Å². The van der Waals surface area contributed by atoms with E-state index in [2.05, 4.69) is 20.6 Å². The third-order valence-electron chi connectivity index (χ3n) is 5.23. The number of nitrogens with one attached hydrogen (secondary N) is 1. The van der Waals surface area contributed by atoms with Crippen molar-refractivity contribution in [3.8, 4) is 22.8 Å². The van der Waals surface area contributed by atoms with Gasteiger partial charge >= 0.3 is 0 Å². The zero-order chi connectivity index (χ0) is 21.4. The molecule has 1 fully saturated rings. The molecule has 2 aromatic heterocycles. The molecule has 1 aliphatic rings. The topological polar surface area (TPSA) is 95.1 Å². The number of hydrogen-bond acceptors (Lipinski definition) is 6. The summed E-state index contributed by atoms with van der Waals surface area (Å²) in [6.45, 7) is 1.81. The Morgan fingerprint density at radius 3 is 2.74 bits per heavy atom. The molecule has 8 heteroatoms. The monoisotopic (exact) mass is 415 g/mol. The number of carbonyl (C=O) groups is 1. The molecule has 8 nitrogen and oxygen atoms in total. The average Bonchev–Trinajstić information content (AvgIpc) is 3.39. The van der Waals surface area contributed by atoms with Gasteiger partial charge in [-0.25, -0.2) is 4.68 Å². The third kappa shape index (κ3) is 3.92. The number of benzene rings is 2. The van der Waals surface area contributed by atoms with Gasteiger partial charge in [-0.05, 0) is 56.2 Å². The van der Waals surface area contributed by atoms with Gasteiger partial charge in [0.05, 0.1) is 24.1 Å². The molecule has 1 aliphatic carbocycles. The van der Waals surface area contributed by atoms with Gasteiger partial charge in [0.25, 0.3) is 5.91 Å². The number of aryl methyl sites for hydroxylation is 1. The number of methoxy groups -OCH3 is 1. The van der Waals surface area contributed by atoms with Crippen LogP contribution in [0.3, 0.4) is 0 Å². The number of carbonyl (C=O) groups excluding carboxylic acids is 1. The molecule has 0 atom stereocenters. The van der Waals surface area contributed by atoms with E-state index in [1.807, 2.05) is 49.4 Å². The Bertz CT molecular complexity index is 1240. The number of anilines is 1. The van der Waals surface area contributed by atoms with Gasteiger partial charge in [-0.3, -0.25) is 4.79 Å². The Hall–Kier alpha value is -3.94. The molecule has 0 unspecified atom stereocenters. The lowest BCUT2D eigenvalue weighted by molar-refractivity contribution is 0.102. The van der Waals surface area contributed by atoms with Gasteiger partial charge in [0.2, 0.25) is 11.7 Å². The zero-order valence-electron chi connectivity index (χ0n) is 17.2. The summed E-state index contributed by atoms with van der Waals surface area (Å²) in [5.74, 6) is 2.18. The highest BCUT2D eigenvalue weighted by Gasteiger charge is 2.29. The Balaban J connectivity index is 1.34. The maximum absolute atomic E-state index is 12.7. The largest absolute Gasteiger partial charge is 0.497 e. The highest BCUT2D eigenvalue weighted by Crippen LogP contribution is 2.39. The molecule has 2 aromatic carbocycles. The maximum atomic E-state index is 12.7. The van der Waals surface area contributed by atoms with Gasteiger partial charge in [0.1, 0.15) is 5.75 Å². The molecule has 1 saturated carbocycles. The first kappa shape index (κ1) is 19.0. The molecule has 0 spiro atoms. The summed E-state index contributed by atoms with van der Waals surface area (Å²) in [6, 6.07) is 14.9. The molecular weight excluding hydrogens is 394 g/mol. The van der Waals surface area contributed by atoms with Crippen LogP contribution in [-0.4, -0.2) is 32.9 Å². The van der Waals surface area contributed by atoms with Crippen molar-refractivity contribution < 1.29 is 14.1 Å². The number of aromatic nitrogens is 4. The maximum Gasteiger partial charge on any atom is 0.259 e. The lowest BCUT2D eigenvalue weighted by Crippen LogP contribution is -2.12. The van der Waals surface area contributed by atoms with E-state index in [0.29, 0.717) is 40.3 Å². The van der Waals surface area contributed by atoms with Crippen LogP contribution in [-0.2, 0) is 0 Å². The van der Waals surface area contributed by atoms with Gasteiger partial charge in [0.15, 0.2) is 0 Å². The lowest BCUT2D eigenvalue weighted by Gasteiger charge is -2.06. The number of amides is 1. The van der Waals surface area contributed by atoms with E-state index in [-0.39, 0.29) is 5.91 Å². The molecule has 0 aliphatic heterocycles. The van der Waals surface area contributed by atoms with Crippen LogP contribution in [0.5, 0.6) is 5.75 Å². The predicted octanol–water partition coefficient (Wildman–Crippen LogP) is 4.37. The summed E-state index contributed by atoms with van der Waals surface area (Å²) in [5, 5.41) is 11.5. The average molecular weight is 415 g/mol. The second-order valence-electron chi connectivity index (χ2n) is 7.54. The quantitative estimate of drug-likeness (QED) is 0.502. The first-order valence-electron chi connectivity index (χ1n) is 10.1. The van der Waals surface area contributed by atoms with Crippen LogP contribution in [0.25, 0.3) is 17.1 Å². The van der Waals surface area contributed by atoms with Crippen LogP contribution < -0.4 is 10.1 Å². The van der Waals surface area contributed by atoms with Crippen molar-refractivity contribution in [1.82, 2.24) is 19.9 Å². The van der Waals surface area contributed by atoms with Gasteiger partial charge in [-0.1, -0.05) is 11.2 Å². The molecule has 156 valence electrons. The Kier molecular flexibility index (Phi) is 4.74. The summed E-state index contributed by atoms with van der Waals surface area (Å²) in [4.78, 5) is 17.2. The number of rotatable bonds is 6. The second-order valence-corrected chi connectivity index (χ2v) is 7.54. The molecule has 2 heterocycles. The molecular formula is C23H21N5O3. The van der Waals surface area contributed by atoms with E-state index < -0.39 is 0 Å². The third-order valence-corrected chi connectivity index (χ3v) is 5.23. The summed E-state index contributed by atoms with van der Waals surface area (Å²) in [6.07, 6.45) is 3.96. The van der Waals surface area contributed by atoms with Crippen molar-refractivity contribution in [2.45, 2.75) is 25.7 Å². The SMILES string of the molecule is COc1cccc(NC(=O)c2cn(-c3ccc(-c4noc(C5CC5)n4)cc3)nc2C)c1. The molecule has 0 saturated heterocycles. The highest BCUT2D eigenvalue weighted by atomic mass is 16.5. The van der Waals surface area contributed by atoms with E-state index in [1.165, 1.54) is 0 Å². The number of nitrogens with zero attached hydrogens (tertiary/aromatic N) is 4. The smallest absolute Gasteiger partial charge is 0.259 e. The molecule has 0 bridgehead atoms. The van der Waals surface area contributed by atoms with Crippen molar-refractivity contribution in [3.05, 3.63) is 71.9 Å². The minimum atomic E-state index is -0.229. The van der Waals surface area contributed by atoms with Crippen LogP contribution in [0.1, 0.15) is 40.7 Å². The molecule has 5 rings (SSSR count). The first-order valence-corrected chi connectivity index (χ1v) is 10.1. The van der Waals surface area contributed by atoms with E-state index >= 15 is 0 Å². The summed E-state index contributed by atoms with van der Waals surface area (Å²) < 4.78 is 12.2. The fraction of sp³-hybridized carbons (Fsp3) is 0.217. The fourth-order valence-corrected chi connectivity index (χ4v) is 3.33. The van der Waals surface area contributed by atoms with E-state index in [4.69, 9.17) is 9.26 Å². The minimum absolute atomic E-state index is 0.229. The second kappa shape index (κ2) is 7.71. The number of ether oxygens (including phenoxy) is 1. The molecule has 4 aromatic rings. The summed E-state index contributed by atoms with van der Waals surface area (Å²) >= 11 is 0. The van der Waals surface area contributed by atoms with Crippen molar-refractivity contribution in [2.75, 3.05) is 12.4 Å². The van der Waals surface area contributed by atoms with Crippen LogP contribution in [0.15, 0.2) is 59.3 Å².